The lowest BCUT2D eigenvalue weighted by atomic mass is 9.89. The summed E-state index contributed by atoms with van der Waals surface area (Å²) in [6, 6.07) is 0. The first kappa shape index (κ1) is 14.2. The molecule has 0 saturated carbocycles. The Morgan fingerprint density at radius 2 is 1.80 bits per heavy atom. The fourth-order valence-corrected chi connectivity index (χ4v) is 1.43. The molecule has 0 saturated heterocycles. The molecule has 0 amide bonds. The van der Waals surface area contributed by atoms with Crippen LogP contribution in [0.2, 0.25) is 0 Å². The van der Waals surface area contributed by atoms with Gasteiger partial charge in [0.1, 0.15) is 0 Å². The van der Waals surface area contributed by atoms with Crippen molar-refractivity contribution in [2.24, 2.45) is 5.41 Å². The lowest BCUT2D eigenvalue weighted by Gasteiger charge is -2.17. The molecule has 2 heteroatoms. The highest BCUT2D eigenvalue weighted by atomic mass is 16.5. The number of hydrogen-bond donors (Lipinski definition) is 0. The van der Waals surface area contributed by atoms with Crippen molar-refractivity contribution in [3.05, 3.63) is 12.8 Å². The Kier molecular flexibility index (Phi) is 7.10. The molecule has 0 aromatic rings. The summed E-state index contributed by atoms with van der Waals surface area (Å²) in [7, 11) is 0. The molecule has 0 atom stereocenters. The van der Waals surface area contributed by atoms with Crippen molar-refractivity contribution in [2.45, 2.75) is 59.3 Å². The minimum atomic E-state index is -0.166. The zero-order chi connectivity index (χ0) is 11.7. The summed E-state index contributed by atoms with van der Waals surface area (Å²) >= 11 is 0. The highest BCUT2D eigenvalue weighted by Gasteiger charge is 2.08. The molecule has 0 aliphatic rings. The number of unbranched alkanes of at least 4 members (excludes halogenated alkanes) is 3. The molecule has 0 aromatic heterocycles. The largest absolute Gasteiger partial charge is 0.435 e. The molecule has 0 aliphatic carbocycles. The summed E-state index contributed by atoms with van der Waals surface area (Å²) in [5, 5.41) is 0. The van der Waals surface area contributed by atoms with Crippen LogP contribution in [0.15, 0.2) is 12.8 Å². The number of esters is 1. The van der Waals surface area contributed by atoms with Crippen LogP contribution in [0, 0.1) is 5.41 Å². The second-order valence-electron chi connectivity index (χ2n) is 5.13. The molecule has 2 nitrogen and oxygen atoms in total. The maximum absolute atomic E-state index is 10.9. The predicted octanol–water partition coefficient (Wildman–Crippen LogP) is 4.06. The molecule has 0 aliphatic heterocycles. The Labute approximate surface area is 93.7 Å². The topological polar surface area (TPSA) is 26.3 Å². The molecule has 0 unspecified atom stereocenters. The first-order valence-electron chi connectivity index (χ1n) is 5.76. The zero-order valence-electron chi connectivity index (χ0n) is 10.3. The number of carbonyl (C=O) groups excluding carboxylic acids is 1. The van der Waals surface area contributed by atoms with E-state index in [1.165, 1.54) is 25.5 Å². The van der Waals surface area contributed by atoms with Gasteiger partial charge in [-0.15, -0.1) is 0 Å². The van der Waals surface area contributed by atoms with Gasteiger partial charge < -0.3 is 4.74 Å². The molecule has 0 aromatic carbocycles. The minimum absolute atomic E-state index is 0.166. The van der Waals surface area contributed by atoms with Gasteiger partial charge in [0.2, 0.25) is 0 Å². The Hall–Kier alpha value is -0.790. The molecular weight excluding hydrogens is 188 g/mol. The van der Waals surface area contributed by atoms with Gasteiger partial charge in [0.05, 0.1) is 6.26 Å². The molecule has 0 radical (unpaired) electrons. The van der Waals surface area contributed by atoms with E-state index in [1.807, 2.05) is 0 Å². The first-order chi connectivity index (χ1) is 6.95. The monoisotopic (exact) mass is 212 g/mol. The summed E-state index contributed by atoms with van der Waals surface area (Å²) in [6.07, 6.45) is 7.46. The zero-order valence-corrected chi connectivity index (χ0v) is 10.3. The van der Waals surface area contributed by atoms with Crippen LogP contribution in [0.5, 0.6) is 0 Å². The van der Waals surface area contributed by atoms with Crippen molar-refractivity contribution in [1.82, 2.24) is 0 Å². The summed E-state index contributed by atoms with van der Waals surface area (Å²) in [5.41, 5.74) is 0.432. The Balaban J connectivity index is 3.25. The average Bonchev–Trinajstić information content (AvgIpc) is 2.09. The van der Waals surface area contributed by atoms with Crippen molar-refractivity contribution in [3.8, 4) is 0 Å². The van der Waals surface area contributed by atoms with Crippen molar-refractivity contribution < 1.29 is 9.53 Å². The van der Waals surface area contributed by atoms with E-state index in [2.05, 4.69) is 32.1 Å². The van der Waals surface area contributed by atoms with Crippen molar-refractivity contribution in [3.63, 3.8) is 0 Å². The molecule has 0 heterocycles. The highest BCUT2D eigenvalue weighted by molar-refractivity contribution is 5.69. The second-order valence-corrected chi connectivity index (χ2v) is 5.13. The predicted molar refractivity (Wildman–Crippen MR) is 63.4 cm³/mol. The van der Waals surface area contributed by atoms with E-state index in [0.29, 0.717) is 11.8 Å². The average molecular weight is 212 g/mol. The number of ether oxygens (including phenoxy) is 1. The van der Waals surface area contributed by atoms with Crippen molar-refractivity contribution in [2.75, 3.05) is 0 Å². The fraction of sp³-hybridized carbons (Fsp3) is 0.769. The summed E-state index contributed by atoms with van der Waals surface area (Å²) in [5.74, 6) is -0.166. The third-order valence-electron chi connectivity index (χ3n) is 2.27. The minimum Gasteiger partial charge on any atom is -0.435 e. The van der Waals surface area contributed by atoms with Gasteiger partial charge >= 0.3 is 5.97 Å². The fourth-order valence-electron chi connectivity index (χ4n) is 1.43. The van der Waals surface area contributed by atoms with Crippen LogP contribution in [0.3, 0.4) is 0 Å². The smallest absolute Gasteiger partial charge is 0.310 e. The number of hydrogen-bond acceptors (Lipinski definition) is 2. The second kappa shape index (κ2) is 7.49. The van der Waals surface area contributed by atoms with Crippen LogP contribution in [-0.2, 0) is 9.53 Å². The van der Waals surface area contributed by atoms with Gasteiger partial charge in [0, 0.05) is 6.42 Å². The number of rotatable bonds is 7. The van der Waals surface area contributed by atoms with E-state index in [9.17, 15) is 4.79 Å². The molecule has 15 heavy (non-hydrogen) atoms. The van der Waals surface area contributed by atoms with Gasteiger partial charge in [0.15, 0.2) is 0 Å². The van der Waals surface area contributed by atoms with Gasteiger partial charge in [0.25, 0.3) is 0 Å². The molecule has 0 bridgehead atoms. The van der Waals surface area contributed by atoms with Crippen LogP contribution in [0.4, 0.5) is 0 Å². The lowest BCUT2D eigenvalue weighted by molar-refractivity contribution is -0.138. The van der Waals surface area contributed by atoms with Gasteiger partial charge in [-0.1, -0.05) is 46.6 Å². The van der Waals surface area contributed by atoms with Crippen LogP contribution in [0.25, 0.3) is 0 Å². The Morgan fingerprint density at radius 1 is 1.20 bits per heavy atom. The summed E-state index contributed by atoms with van der Waals surface area (Å²) in [6.45, 7) is 10.1. The SMILES string of the molecule is C=COC(=O)CCCCCCC(C)(C)C. The van der Waals surface area contributed by atoms with E-state index >= 15 is 0 Å². The molecular formula is C13H24O2. The molecule has 0 rings (SSSR count). The van der Waals surface area contributed by atoms with Gasteiger partial charge in [-0.25, -0.2) is 0 Å². The molecule has 0 spiro atoms. The van der Waals surface area contributed by atoms with E-state index < -0.39 is 0 Å². The number of carbonyl (C=O) groups is 1. The maximum Gasteiger partial charge on any atom is 0.310 e. The lowest BCUT2D eigenvalue weighted by Crippen LogP contribution is -2.04. The van der Waals surface area contributed by atoms with E-state index in [4.69, 9.17) is 0 Å². The third kappa shape index (κ3) is 11.1. The van der Waals surface area contributed by atoms with Crippen LogP contribution >= 0.6 is 0 Å². The normalized spacial score (nSPS) is 11.1. The van der Waals surface area contributed by atoms with Crippen LogP contribution in [0.1, 0.15) is 59.3 Å². The van der Waals surface area contributed by atoms with E-state index in [1.54, 1.807) is 0 Å². The van der Waals surface area contributed by atoms with Gasteiger partial charge in [-0.05, 0) is 18.3 Å². The van der Waals surface area contributed by atoms with Crippen molar-refractivity contribution >= 4 is 5.97 Å². The third-order valence-corrected chi connectivity index (χ3v) is 2.27. The van der Waals surface area contributed by atoms with Gasteiger partial charge in [-0.2, -0.15) is 0 Å². The highest BCUT2D eigenvalue weighted by Crippen LogP contribution is 2.22. The quantitative estimate of drug-likeness (QED) is 0.361. The molecule has 0 fully saturated rings. The van der Waals surface area contributed by atoms with E-state index in [0.717, 1.165) is 12.8 Å². The molecule has 88 valence electrons. The van der Waals surface area contributed by atoms with Gasteiger partial charge in [-0.3, -0.25) is 4.79 Å². The standard InChI is InChI=1S/C13H24O2/c1-5-15-12(14)10-8-6-7-9-11-13(2,3)4/h5H,1,6-11H2,2-4H3. The summed E-state index contributed by atoms with van der Waals surface area (Å²) < 4.78 is 4.63. The molecule has 0 N–H and O–H groups in total. The van der Waals surface area contributed by atoms with E-state index in [-0.39, 0.29) is 5.97 Å². The van der Waals surface area contributed by atoms with Crippen LogP contribution < -0.4 is 0 Å². The first-order valence-corrected chi connectivity index (χ1v) is 5.76. The van der Waals surface area contributed by atoms with Crippen LogP contribution in [-0.4, -0.2) is 5.97 Å². The Bertz CT molecular complexity index is 189. The summed E-state index contributed by atoms with van der Waals surface area (Å²) in [4.78, 5) is 10.9. The Morgan fingerprint density at radius 3 is 2.33 bits per heavy atom. The van der Waals surface area contributed by atoms with Crippen molar-refractivity contribution in [1.29, 1.82) is 0 Å². The maximum atomic E-state index is 10.9.